The highest BCUT2D eigenvalue weighted by Gasteiger charge is 2.29. The van der Waals surface area contributed by atoms with Gasteiger partial charge in [-0.25, -0.2) is 4.98 Å². The van der Waals surface area contributed by atoms with Gasteiger partial charge in [-0.1, -0.05) is 6.08 Å². The van der Waals surface area contributed by atoms with Gasteiger partial charge in [-0.05, 0) is 18.8 Å². The standard InChI is InChI=1S/C17H24N4O2S/c1-2-13-8-21(3-4-23-13)16-14-9-24-10-15(14)19-17(20-16)18-7-11-5-12(22)6-11/h2,11-13,22H,1,3-10H2,(H,18,19,20). The predicted molar refractivity (Wildman–Crippen MR) is 96.4 cm³/mol. The normalized spacial score (nSPS) is 29.0. The third kappa shape index (κ3) is 3.25. The van der Waals surface area contributed by atoms with Crippen molar-refractivity contribution in [2.45, 2.75) is 36.6 Å². The molecule has 2 fully saturated rings. The van der Waals surface area contributed by atoms with Gasteiger partial charge in [0.25, 0.3) is 0 Å². The molecule has 4 rings (SSSR count). The summed E-state index contributed by atoms with van der Waals surface area (Å²) >= 11 is 1.90. The van der Waals surface area contributed by atoms with E-state index in [0.29, 0.717) is 18.5 Å². The average Bonchev–Trinajstić information content (AvgIpc) is 3.05. The van der Waals surface area contributed by atoms with Crippen LogP contribution in [0.2, 0.25) is 0 Å². The number of fused-ring (bicyclic) bond motifs is 1. The first kappa shape index (κ1) is 16.2. The van der Waals surface area contributed by atoms with Gasteiger partial charge < -0.3 is 20.1 Å². The van der Waals surface area contributed by atoms with Crippen molar-refractivity contribution in [2.75, 3.05) is 36.5 Å². The van der Waals surface area contributed by atoms with Crippen LogP contribution in [0.5, 0.6) is 0 Å². The molecule has 1 atom stereocenters. The number of hydrogen-bond donors (Lipinski definition) is 2. The molecule has 0 aromatic carbocycles. The lowest BCUT2D eigenvalue weighted by Crippen LogP contribution is -2.42. The van der Waals surface area contributed by atoms with Crippen molar-refractivity contribution < 1.29 is 9.84 Å². The molecule has 2 aliphatic heterocycles. The molecule has 1 aromatic rings. The summed E-state index contributed by atoms with van der Waals surface area (Å²) < 4.78 is 5.69. The van der Waals surface area contributed by atoms with Gasteiger partial charge in [-0.3, -0.25) is 0 Å². The summed E-state index contributed by atoms with van der Waals surface area (Å²) in [5, 5.41) is 12.8. The number of aliphatic hydroxyl groups is 1. The molecule has 1 saturated heterocycles. The van der Waals surface area contributed by atoms with Crippen LogP contribution in [0.3, 0.4) is 0 Å². The van der Waals surface area contributed by atoms with Gasteiger partial charge in [0, 0.05) is 36.7 Å². The van der Waals surface area contributed by atoms with Gasteiger partial charge in [-0.15, -0.1) is 6.58 Å². The molecule has 6 nitrogen and oxygen atoms in total. The minimum Gasteiger partial charge on any atom is -0.393 e. The van der Waals surface area contributed by atoms with Crippen molar-refractivity contribution >= 4 is 23.5 Å². The highest BCUT2D eigenvalue weighted by Crippen LogP contribution is 2.36. The summed E-state index contributed by atoms with van der Waals surface area (Å²) in [5.41, 5.74) is 2.43. The molecule has 1 aromatic heterocycles. The smallest absolute Gasteiger partial charge is 0.224 e. The van der Waals surface area contributed by atoms with Gasteiger partial charge >= 0.3 is 0 Å². The van der Waals surface area contributed by atoms with E-state index in [2.05, 4.69) is 16.8 Å². The predicted octanol–water partition coefficient (Wildman–Crippen LogP) is 1.80. The van der Waals surface area contributed by atoms with Gasteiger partial charge in [0.1, 0.15) is 5.82 Å². The van der Waals surface area contributed by atoms with Crippen molar-refractivity contribution in [1.29, 1.82) is 0 Å². The quantitative estimate of drug-likeness (QED) is 0.786. The third-order valence-electron chi connectivity index (χ3n) is 4.97. The average molecular weight is 348 g/mol. The van der Waals surface area contributed by atoms with E-state index in [-0.39, 0.29) is 12.2 Å². The lowest BCUT2D eigenvalue weighted by molar-refractivity contribution is 0.0486. The Balaban J connectivity index is 1.52. The zero-order valence-corrected chi connectivity index (χ0v) is 14.6. The molecule has 0 bridgehead atoms. The van der Waals surface area contributed by atoms with Gasteiger partial charge in [0.05, 0.1) is 24.5 Å². The van der Waals surface area contributed by atoms with E-state index < -0.39 is 0 Å². The van der Waals surface area contributed by atoms with E-state index in [1.54, 1.807) is 0 Å². The van der Waals surface area contributed by atoms with E-state index in [4.69, 9.17) is 14.7 Å². The Morgan fingerprint density at radius 2 is 2.25 bits per heavy atom. The van der Waals surface area contributed by atoms with Crippen molar-refractivity contribution in [3.63, 3.8) is 0 Å². The molecule has 130 valence electrons. The lowest BCUT2D eigenvalue weighted by Gasteiger charge is -2.34. The largest absolute Gasteiger partial charge is 0.393 e. The number of rotatable bonds is 5. The molecule has 1 aliphatic carbocycles. The number of hydrogen-bond acceptors (Lipinski definition) is 7. The molecular formula is C17H24N4O2S. The maximum atomic E-state index is 9.42. The van der Waals surface area contributed by atoms with Gasteiger partial charge in [-0.2, -0.15) is 16.7 Å². The molecule has 0 radical (unpaired) electrons. The van der Waals surface area contributed by atoms with Crippen LogP contribution in [0.25, 0.3) is 0 Å². The molecule has 1 unspecified atom stereocenters. The molecule has 0 amide bonds. The third-order valence-corrected chi connectivity index (χ3v) is 5.94. The number of aromatic nitrogens is 2. The van der Waals surface area contributed by atoms with Crippen molar-refractivity contribution in [1.82, 2.24) is 9.97 Å². The van der Waals surface area contributed by atoms with E-state index in [9.17, 15) is 5.11 Å². The topological polar surface area (TPSA) is 70.5 Å². The van der Waals surface area contributed by atoms with Crippen molar-refractivity contribution in [2.24, 2.45) is 5.92 Å². The zero-order valence-electron chi connectivity index (χ0n) is 13.8. The summed E-state index contributed by atoms with van der Waals surface area (Å²) in [4.78, 5) is 11.8. The van der Waals surface area contributed by atoms with E-state index >= 15 is 0 Å². The molecule has 24 heavy (non-hydrogen) atoms. The number of anilines is 2. The Labute approximate surface area is 146 Å². The Bertz CT molecular complexity index is 621. The number of morpholine rings is 1. The van der Waals surface area contributed by atoms with Gasteiger partial charge in [0.15, 0.2) is 0 Å². The molecule has 7 heteroatoms. The van der Waals surface area contributed by atoms with Crippen molar-refractivity contribution in [3.8, 4) is 0 Å². The van der Waals surface area contributed by atoms with E-state index in [1.165, 1.54) is 5.56 Å². The maximum absolute atomic E-state index is 9.42. The Hall–Kier alpha value is -1.31. The minimum absolute atomic E-state index is 0.0614. The minimum atomic E-state index is -0.117. The van der Waals surface area contributed by atoms with Gasteiger partial charge in [0.2, 0.25) is 5.95 Å². The molecule has 2 N–H and O–H groups in total. The number of ether oxygens (including phenoxy) is 1. The Morgan fingerprint density at radius 1 is 1.38 bits per heavy atom. The molecule has 0 spiro atoms. The molecule has 3 aliphatic rings. The number of nitrogens with one attached hydrogen (secondary N) is 1. The second kappa shape index (κ2) is 6.90. The van der Waals surface area contributed by atoms with Crippen LogP contribution in [0, 0.1) is 5.92 Å². The maximum Gasteiger partial charge on any atom is 0.224 e. The lowest BCUT2D eigenvalue weighted by atomic mass is 9.82. The fraction of sp³-hybridized carbons (Fsp3) is 0.647. The zero-order chi connectivity index (χ0) is 16.5. The number of nitrogens with zero attached hydrogens (tertiary/aromatic N) is 3. The molecule has 3 heterocycles. The van der Waals surface area contributed by atoms with Crippen LogP contribution in [0.1, 0.15) is 24.1 Å². The highest BCUT2D eigenvalue weighted by molar-refractivity contribution is 7.98. The summed E-state index contributed by atoms with van der Waals surface area (Å²) in [6.07, 6.45) is 3.57. The van der Waals surface area contributed by atoms with E-state index in [0.717, 1.165) is 55.5 Å². The number of aliphatic hydroxyl groups excluding tert-OH is 1. The summed E-state index contributed by atoms with van der Waals surface area (Å²) in [6, 6.07) is 0. The second-order valence-electron chi connectivity index (χ2n) is 6.75. The summed E-state index contributed by atoms with van der Waals surface area (Å²) in [5.74, 6) is 4.24. The summed E-state index contributed by atoms with van der Waals surface area (Å²) in [7, 11) is 0. The monoisotopic (exact) mass is 348 g/mol. The van der Waals surface area contributed by atoms with Crippen LogP contribution in [0.4, 0.5) is 11.8 Å². The Kier molecular flexibility index (Phi) is 4.65. The summed E-state index contributed by atoms with van der Waals surface area (Å²) in [6.45, 7) is 7.04. The fourth-order valence-electron chi connectivity index (χ4n) is 3.49. The van der Waals surface area contributed by atoms with Crippen LogP contribution < -0.4 is 10.2 Å². The molecule has 1 saturated carbocycles. The molecular weight excluding hydrogens is 324 g/mol. The fourth-order valence-corrected chi connectivity index (χ4v) is 4.52. The first-order chi connectivity index (χ1) is 11.7. The second-order valence-corrected chi connectivity index (χ2v) is 7.74. The van der Waals surface area contributed by atoms with Crippen LogP contribution in [-0.2, 0) is 16.2 Å². The Morgan fingerprint density at radius 3 is 3.04 bits per heavy atom. The van der Waals surface area contributed by atoms with Crippen LogP contribution in [-0.4, -0.2) is 53.5 Å². The SMILES string of the molecule is C=CC1CN(c2nc(NCC3CC(O)C3)nc3c2CSC3)CCO1. The van der Waals surface area contributed by atoms with Crippen LogP contribution in [0.15, 0.2) is 12.7 Å². The highest BCUT2D eigenvalue weighted by atomic mass is 32.2. The number of thioether (sulfide) groups is 1. The van der Waals surface area contributed by atoms with Crippen molar-refractivity contribution in [3.05, 3.63) is 23.9 Å². The van der Waals surface area contributed by atoms with E-state index in [1.807, 2.05) is 17.8 Å². The first-order valence-corrected chi connectivity index (χ1v) is 9.77. The first-order valence-electron chi connectivity index (χ1n) is 8.61. The van der Waals surface area contributed by atoms with Crippen LogP contribution >= 0.6 is 11.8 Å².